The topological polar surface area (TPSA) is 132 Å². The highest BCUT2D eigenvalue weighted by Gasteiger charge is 2.29. The number of rotatable bonds is 5. The second kappa shape index (κ2) is 7.59. The lowest BCUT2D eigenvalue weighted by Gasteiger charge is -2.11. The van der Waals surface area contributed by atoms with Gasteiger partial charge in [0.15, 0.2) is 5.78 Å². The first-order chi connectivity index (χ1) is 13.9. The van der Waals surface area contributed by atoms with Gasteiger partial charge in [0.2, 0.25) is 0 Å². The Hall–Kier alpha value is -3.15. The number of non-ortho nitro benzene ring substituents is 1. The maximum absolute atomic E-state index is 14.3. The van der Waals surface area contributed by atoms with E-state index in [1.165, 1.54) is 20.0 Å². The molecule has 12 heteroatoms. The second-order valence-corrected chi connectivity index (χ2v) is 8.12. The minimum absolute atomic E-state index is 0.0690. The van der Waals surface area contributed by atoms with E-state index in [-0.39, 0.29) is 33.1 Å². The van der Waals surface area contributed by atoms with Gasteiger partial charge in [0, 0.05) is 29.8 Å². The van der Waals surface area contributed by atoms with Gasteiger partial charge in [0.25, 0.3) is 15.8 Å². The van der Waals surface area contributed by atoms with Gasteiger partial charge in [0.1, 0.15) is 10.7 Å². The van der Waals surface area contributed by atoms with Gasteiger partial charge < -0.3 is 0 Å². The molecule has 0 saturated carbocycles. The third-order valence-electron chi connectivity index (χ3n) is 4.33. The molecule has 1 aromatic heterocycles. The summed E-state index contributed by atoms with van der Waals surface area (Å²) in [6, 6.07) is 6.05. The Morgan fingerprint density at radius 3 is 2.50 bits per heavy atom. The van der Waals surface area contributed by atoms with Crippen LogP contribution in [0.15, 0.2) is 41.3 Å². The van der Waals surface area contributed by atoms with Gasteiger partial charge >= 0.3 is 0 Å². The Balaban J connectivity index is 2.36. The summed E-state index contributed by atoms with van der Waals surface area (Å²) in [7, 11) is -3.44. The Labute approximate surface area is 174 Å². The van der Waals surface area contributed by atoms with Crippen molar-refractivity contribution in [2.75, 3.05) is 0 Å². The monoisotopic (exact) mass is 453 g/mol. The van der Waals surface area contributed by atoms with E-state index in [9.17, 15) is 32.3 Å². The molecule has 3 aromatic rings. The van der Waals surface area contributed by atoms with Gasteiger partial charge in [-0.25, -0.2) is 4.39 Å². The molecule has 0 unspecified atom stereocenters. The van der Waals surface area contributed by atoms with E-state index in [4.69, 9.17) is 11.6 Å². The smallest absolute Gasteiger partial charge is 0.288 e. The summed E-state index contributed by atoms with van der Waals surface area (Å²) < 4.78 is 48.8. The second-order valence-electron chi connectivity index (χ2n) is 6.30. The molecule has 0 aliphatic rings. The zero-order valence-electron chi connectivity index (χ0n) is 15.5. The van der Waals surface area contributed by atoms with Crippen LogP contribution in [0, 0.1) is 22.9 Å². The maximum Gasteiger partial charge on any atom is 0.295 e. The minimum atomic E-state index is -4.82. The molecule has 0 spiro atoms. The van der Waals surface area contributed by atoms with Crippen molar-refractivity contribution in [2.45, 2.75) is 11.8 Å². The van der Waals surface area contributed by atoms with E-state index >= 15 is 0 Å². The van der Waals surface area contributed by atoms with Gasteiger partial charge in [-0.1, -0.05) is 11.6 Å². The van der Waals surface area contributed by atoms with E-state index < -0.39 is 37.2 Å². The molecule has 0 atom stereocenters. The number of carbonyl (C=O) groups is 1. The summed E-state index contributed by atoms with van der Waals surface area (Å²) in [5.41, 5.74) is -1.35. The van der Waals surface area contributed by atoms with Crippen molar-refractivity contribution < 1.29 is 27.1 Å². The van der Waals surface area contributed by atoms with Gasteiger partial charge in [-0.15, -0.1) is 0 Å². The van der Waals surface area contributed by atoms with Gasteiger partial charge in [0.05, 0.1) is 27.4 Å². The highest BCUT2D eigenvalue weighted by Crippen LogP contribution is 2.35. The van der Waals surface area contributed by atoms with E-state index in [1.54, 1.807) is 0 Å². The fourth-order valence-electron chi connectivity index (χ4n) is 3.09. The molecule has 0 bridgehead atoms. The van der Waals surface area contributed by atoms with Crippen molar-refractivity contribution in [1.82, 2.24) is 9.78 Å². The van der Waals surface area contributed by atoms with E-state index in [2.05, 4.69) is 5.10 Å². The fraction of sp³-hybridized carbons (Fsp3) is 0.111. The summed E-state index contributed by atoms with van der Waals surface area (Å²) >= 11 is 5.72. The predicted molar refractivity (Wildman–Crippen MR) is 105 cm³/mol. The Kier molecular flexibility index (Phi) is 5.46. The van der Waals surface area contributed by atoms with Crippen LogP contribution in [0.25, 0.3) is 11.3 Å². The van der Waals surface area contributed by atoms with Crippen molar-refractivity contribution >= 4 is 33.2 Å². The van der Waals surface area contributed by atoms with Crippen molar-refractivity contribution in [1.29, 1.82) is 0 Å². The number of hydrogen-bond donors (Lipinski definition) is 1. The first-order valence-electron chi connectivity index (χ1n) is 8.21. The molecule has 0 aliphatic carbocycles. The van der Waals surface area contributed by atoms with Crippen molar-refractivity contribution in [3.05, 3.63) is 74.2 Å². The largest absolute Gasteiger partial charge is 0.295 e. The number of carbonyl (C=O) groups excluding carboxylic acids is 1. The SMILES string of the molecule is Cc1nn(C)c(-c2cc([N+](=O)[O-])ccc2S(=O)(=O)O)c1C(=O)c1ccc(Cl)cc1F. The van der Waals surface area contributed by atoms with Crippen LogP contribution in [0.5, 0.6) is 0 Å². The quantitative estimate of drug-likeness (QED) is 0.270. The fourth-order valence-corrected chi connectivity index (χ4v) is 3.92. The lowest BCUT2D eigenvalue weighted by atomic mass is 9.97. The molecule has 0 radical (unpaired) electrons. The minimum Gasteiger partial charge on any atom is -0.288 e. The number of hydrogen-bond acceptors (Lipinski definition) is 6. The lowest BCUT2D eigenvalue weighted by Crippen LogP contribution is -2.10. The maximum atomic E-state index is 14.3. The molecule has 0 fully saturated rings. The van der Waals surface area contributed by atoms with Crippen molar-refractivity contribution in [2.24, 2.45) is 7.05 Å². The molecule has 0 saturated heterocycles. The van der Waals surface area contributed by atoms with E-state index in [1.807, 2.05) is 0 Å². The molecule has 0 amide bonds. The molecular formula is C18H13ClFN3O6S. The lowest BCUT2D eigenvalue weighted by molar-refractivity contribution is -0.384. The van der Waals surface area contributed by atoms with Crippen LogP contribution in [0.4, 0.5) is 10.1 Å². The van der Waals surface area contributed by atoms with Crippen LogP contribution in [-0.4, -0.2) is 33.5 Å². The number of nitro groups is 1. The highest BCUT2D eigenvalue weighted by atomic mass is 35.5. The Morgan fingerprint density at radius 1 is 1.27 bits per heavy atom. The van der Waals surface area contributed by atoms with Crippen LogP contribution in [0.1, 0.15) is 21.6 Å². The average Bonchev–Trinajstić information content (AvgIpc) is 2.93. The van der Waals surface area contributed by atoms with Crippen LogP contribution >= 0.6 is 11.6 Å². The van der Waals surface area contributed by atoms with Gasteiger partial charge in [-0.2, -0.15) is 13.5 Å². The first-order valence-corrected chi connectivity index (χ1v) is 10.0. The molecule has 9 nitrogen and oxygen atoms in total. The summed E-state index contributed by atoms with van der Waals surface area (Å²) in [5, 5.41) is 15.3. The van der Waals surface area contributed by atoms with Crippen LogP contribution in [0.2, 0.25) is 5.02 Å². The molecule has 1 heterocycles. The summed E-state index contributed by atoms with van der Waals surface area (Å²) in [6.07, 6.45) is 0. The summed E-state index contributed by atoms with van der Waals surface area (Å²) in [6.45, 7) is 1.44. The molecule has 3 rings (SSSR count). The first kappa shape index (κ1) is 21.6. The normalized spacial score (nSPS) is 11.5. The van der Waals surface area contributed by atoms with Gasteiger partial charge in [-0.3, -0.25) is 24.1 Å². The molecule has 2 aromatic carbocycles. The predicted octanol–water partition coefficient (Wildman–Crippen LogP) is 3.57. The third kappa shape index (κ3) is 3.82. The summed E-state index contributed by atoms with van der Waals surface area (Å²) in [4.78, 5) is 22.9. The average molecular weight is 454 g/mol. The third-order valence-corrected chi connectivity index (χ3v) is 5.48. The van der Waals surface area contributed by atoms with Gasteiger partial charge in [-0.05, 0) is 31.2 Å². The zero-order chi connectivity index (χ0) is 22.4. The molecule has 0 aliphatic heterocycles. The Bertz CT molecular complexity index is 1320. The number of nitro benzene ring substituents is 1. The number of nitrogens with zero attached hydrogens (tertiary/aromatic N) is 3. The van der Waals surface area contributed by atoms with Crippen LogP contribution in [-0.2, 0) is 17.2 Å². The number of aromatic nitrogens is 2. The van der Waals surface area contributed by atoms with Crippen molar-refractivity contribution in [3.8, 4) is 11.3 Å². The highest BCUT2D eigenvalue weighted by molar-refractivity contribution is 7.86. The van der Waals surface area contributed by atoms with Crippen LogP contribution in [0.3, 0.4) is 0 Å². The standard InChI is InChI=1S/C18H13ClFN3O6S/c1-9-16(18(24)12-5-3-10(19)7-14(12)20)17(22(2)21-9)13-8-11(23(25)26)4-6-15(13)30(27,28)29/h3-8H,1-2H3,(H,27,28,29). The zero-order valence-corrected chi connectivity index (χ0v) is 17.0. The number of ketones is 1. The number of benzene rings is 2. The molecular weight excluding hydrogens is 441 g/mol. The Morgan fingerprint density at radius 2 is 1.93 bits per heavy atom. The van der Waals surface area contributed by atoms with Crippen molar-refractivity contribution in [3.63, 3.8) is 0 Å². The molecule has 1 N–H and O–H groups in total. The molecule has 30 heavy (non-hydrogen) atoms. The number of halogens is 2. The van der Waals surface area contributed by atoms with Crippen LogP contribution < -0.4 is 0 Å². The van der Waals surface area contributed by atoms with E-state index in [0.717, 1.165) is 35.0 Å². The number of aryl methyl sites for hydroxylation is 2. The van der Waals surface area contributed by atoms with E-state index in [0.29, 0.717) is 0 Å². The summed E-state index contributed by atoms with van der Waals surface area (Å²) in [5.74, 6) is -1.74. The molecule has 156 valence electrons.